The molecule has 0 aliphatic carbocycles. The van der Waals surface area contributed by atoms with Crippen LogP contribution >= 0.6 is 0 Å². The van der Waals surface area contributed by atoms with Crippen molar-refractivity contribution in [1.82, 2.24) is 9.38 Å². The van der Waals surface area contributed by atoms with E-state index in [2.05, 4.69) is 4.98 Å². The predicted molar refractivity (Wildman–Crippen MR) is 63.7 cm³/mol. The lowest BCUT2D eigenvalue weighted by molar-refractivity contribution is -0.391. The van der Waals surface area contributed by atoms with E-state index in [1.807, 2.05) is 0 Å². The fourth-order valence-electron chi connectivity index (χ4n) is 1.60. The largest absolute Gasteiger partial charge is 0.479 e. The first-order chi connectivity index (χ1) is 9.00. The quantitative estimate of drug-likeness (QED) is 0.643. The van der Waals surface area contributed by atoms with Gasteiger partial charge in [0.2, 0.25) is 5.65 Å². The van der Waals surface area contributed by atoms with Gasteiger partial charge in [-0.3, -0.25) is 0 Å². The van der Waals surface area contributed by atoms with Crippen LogP contribution in [0.15, 0.2) is 24.4 Å². The highest BCUT2D eigenvalue weighted by Gasteiger charge is 2.23. The Morgan fingerprint density at radius 1 is 1.63 bits per heavy atom. The molecule has 0 bridgehead atoms. The Morgan fingerprint density at radius 3 is 3.00 bits per heavy atom. The second-order valence-electron chi connectivity index (χ2n) is 3.86. The number of rotatable bonds is 5. The van der Waals surface area contributed by atoms with Crippen molar-refractivity contribution >= 4 is 17.4 Å². The molecule has 0 unspecified atom stereocenters. The topological polar surface area (TPSA) is 107 Å². The third kappa shape index (κ3) is 2.52. The number of carbonyl (C=O) groups is 1. The average Bonchev–Trinajstić information content (AvgIpc) is 2.73. The van der Waals surface area contributed by atoms with Gasteiger partial charge in [-0.25, -0.2) is 9.78 Å². The molecule has 8 nitrogen and oxygen atoms in total. The van der Waals surface area contributed by atoms with E-state index < -0.39 is 17.0 Å². The number of aliphatic carboxylic acids is 1. The van der Waals surface area contributed by atoms with Crippen LogP contribution in [0.1, 0.15) is 12.6 Å². The summed E-state index contributed by atoms with van der Waals surface area (Å²) in [6.07, 6.45) is 0.467. The van der Waals surface area contributed by atoms with Gasteiger partial charge in [0.05, 0.1) is 12.8 Å². The van der Waals surface area contributed by atoms with E-state index in [1.54, 1.807) is 18.2 Å². The maximum atomic E-state index is 11.0. The number of nitro groups is 1. The number of aromatic nitrogens is 2. The summed E-state index contributed by atoms with van der Waals surface area (Å²) in [4.78, 5) is 25.2. The Morgan fingerprint density at radius 2 is 2.37 bits per heavy atom. The molecule has 2 aromatic heterocycles. The predicted octanol–water partition coefficient (Wildman–Crippen LogP) is 1.23. The Balaban J connectivity index is 2.34. The summed E-state index contributed by atoms with van der Waals surface area (Å²) in [6.45, 7) is 1.12. The molecule has 0 aromatic carbocycles. The highest BCUT2D eigenvalue weighted by Crippen LogP contribution is 2.21. The maximum Gasteiger partial charge on any atom is 0.353 e. The van der Waals surface area contributed by atoms with Gasteiger partial charge < -0.3 is 20.0 Å². The van der Waals surface area contributed by atoms with Gasteiger partial charge >= 0.3 is 11.8 Å². The van der Waals surface area contributed by atoms with Gasteiger partial charge in [-0.15, -0.1) is 0 Å². The zero-order valence-electron chi connectivity index (χ0n) is 10.0. The second-order valence-corrected chi connectivity index (χ2v) is 3.86. The van der Waals surface area contributed by atoms with Crippen molar-refractivity contribution in [3.8, 4) is 0 Å². The van der Waals surface area contributed by atoms with E-state index in [0.717, 1.165) is 0 Å². The minimum Gasteiger partial charge on any atom is -0.479 e. The molecule has 0 radical (unpaired) electrons. The highest BCUT2D eigenvalue weighted by molar-refractivity contribution is 5.71. The van der Waals surface area contributed by atoms with Crippen molar-refractivity contribution in [2.24, 2.45) is 0 Å². The standard InChI is InChI=1S/C11H11N3O5/c1-7(11(15)16)19-6-8-10(14(17)18)13-5-3-2-4-9(13)12-8/h2-5,7H,6H2,1H3,(H,15,16)/t7-/m0/s1. The first kappa shape index (κ1) is 13.0. The third-order valence-corrected chi connectivity index (χ3v) is 2.56. The lowest BCUT2D eigenvalue weighted by Gasteiger charge is -2.06. The molecule has 8 heteroatoms. The van der Waals surface area contributed by atoms with Gasteiger partial charge in [0.25, 0.3) is 0 Å². The molecule has 0 amide bonds. The molecule has 0 fully saturated rings. The smallest absolute Gasteiger partial charge is 0.353 e. The molecule has 2 rings (SSSR count). The third-order valence-electron chi connectivity index (χ3n) is 2.56. The summed E-state index contributed by atoms with van der Waals surface area (Å²) in [5.41, 5.74) is 0.514. The van der Waals surface area contributed by atoms with Crippen LogP contribution in [-0.2, 0) is 16.1 Å². The number of hydrogen-bond donors (Lipinski definition) is 1. The first-order valence-electron chi connectivity index (χ1n) is 5.45. The monoisotopic (exact) mass is 265 g/mol. The Hall–Kier alpha value is -2.48. The molecule has 2 aromatic rings. The molecule has 19 heavy (non-hydrogen) atoms. The number of ether oxygens (including phenoxy) is 1. The van der Waals surface area contributed by atoms with Gasteiger partial charge in [-0.1, -0.05) is 6.07 Å². The Bertz CT molecular complexity index is 636. The van der Waals surface area contributed by atoms with Crippen molar-refractivity contribution in [2.75, 3.05) is 0 Å². The van der Waals surface area contributed by atoms with E-state index in [4.69, 9.17) is 9.84 Å². The van der Waals surface area contributed by atoms with Crippen LogP contribution in [0.25, 0.3) is 5.65 Å². The number of imidazole rings is 1. The lowest BCUT2D eigenvalue weighted by atomic mass is 10.4. The van der Waals surface area contributed by atoms with Gasteiger partial charge in [0, 0.05) is 6.07 Å². The average molecular weight is 265 g/mol. The fraction of sp³-hybridized carbons (Fsp3) is 0.273. The Labute approximate surface area is 107 Å². The minimum atomic E-state index is -1.13. The fourth-order valence-corrected chi connectivity index (χ4v) is 1.60. The Kier molecular flexibility index (Phi) is 3.43. The molecular formula is C11H11N3O5. The zero-order chi connectivity index (χ0) is 14.0. The number of nitrogens with zero attached hydrogens (tertiary/aromatic N) is 3. The molecule has 0 aliphatic rings. The van der Waals surface area contributed by atoms with Crippen LogP contribution in [0.2, 0.25) is 0 Å². The van der Waals surface area contributed by atoms with Crippen molar-refractivity contribution in [1.29, 1.82) is 0 Å². The van der Waals surface area contributed by atoms with Crippen LogP contribution in [-0.4, -0.2) is 31.5 Å². The van der Waals surface area contributed by atoms with E-state index in [-0.39, 0.29) is 18.1 Å². The van der Waals surface area contributed by atoms with Crippen LogP contribution in [0.4, 0.5) is 5.82 Å². The summed E-state index contributed by atoms with van der Waals surface area (Å²) in [5, 5.41) is 19.7. The van der Waals surface area contributed by atoms with Crippen molar-refractivity contribution in [3.63, 3.8) is 0 Å². The van der Waals surface area contributed by atoms with Crippen molar-refractivity contribution < 1.29 is 19.6 Å². The maximum absolute atomic E-state index is 11.0. The molecule has 0 aliphatic heterocycles. The van der Waals surface area contributed by atoms with Crippen LogP contribution < -0.4 is 0 Å². The van der Waals surface area contributed by atoms with Crippen molar-refractivity contribution in [2.45, 2.75) is 19.6 Å². The van der Waals surface area contributed by atoms with E-state index in [9.17, 15) is 14.9 Å². The second kappa shape index (κ2) is 5.02. The van der Waals surface area contributed by atoms with Crippen LogP contribution in [0, 0.1) is 10.1 Å². The molecule has 2 heterocycles. The molecule has 100 valence electrons. The summed E-state index contributed by atoms with van der Waals surface area (Å²) >= 11 is 0. The molecular weight excluding hydrogens is 254 g/mol. The van der Waals surface area contributed by atoms with E-state index in [0.29, 0.717) is 5.65 Å². The van der Waals surface area contributed by atoms with Gasteiger partial charge in [-0.05, 0) is 17.9 Å². The summed E-state index contributed by atoms with van der Waals surface area (Å²) < 4.78 is 6.35. The lowest BCUT2D eigenvalue weighted by Crippen LogP contribution is -2.19. The highest BCUT2D eigenvalue weighted by atomic mass is 16.6. The SMILES string of the molecule is C[C@H](OCc1nc2ccccn2c1[N+](=O)[O-])C(=O)O. The summed E-state index contributed by atoms with van der Waals surface area (Å²) in [7, 11) is 0. The van der Waals surface area contributed by atoms with Crippen LogP contribution in [0.3, 0.4) is 0 Å². The minimum absolute atomic E-state index is 0.101. The molecule has 1 N–H and O–H groups in total. The summed E-state index contributed by atoms with van der Waals surface area (Å²) in [6, 6.07) is 4.97. The van der Waals surface area contributed by atoms with Gasteiger partial charge in [0.15, 0.2) is 11.8 Å². The van der Waals surface area contributed by atoms with Gasteiger partial charge in [0.1, 0.15) is 0 Å². The molecule has 0 saturated carbocycles. The number of carboxylic acids is 1. The van der Waals surface area contributed by atoms with Crippen LogP contribution in [0.5, 0.6) is 0 Å². The van der Waals surface area contributed by atoms with Crippen molar-refractivity contribution in [3.05, 3.63) is 40.2 Å². The van der Waals surface area contributed by atoms with Gasteiger partial charge in [-0.2, -0.15) is 4.40 Å². The van der Waals surface area contributed by atoms with E-state index >= 15 is 0 Å². The number of carboxylic acid groups (broad SMARTS) is 1. The molecule has 0 saturated heterocycles. The number of fused-ring (bicyclic) bond motifs is 1. The number of pyridine rings is 1. The first-order valence-corrected chi connectivity index (χ1v) is 5.45. The number of hydrogen-bond acceptors (Lipinski definition) is 5. The molecule has 1 atom stereocenters. The van der Waals surface area contributed by atoms with E-state index in [1.165, 1.54) is 17.5 Å². The zero-order valence-corrected chi connectivity index (χ0v) is 10.0. The normalized spacial score (nSPS) is 12.5. The summed E-state index contributed by atoms with van der Waals surface area (Å²) in [5.74, 6) is -1.35. The molecule has 0 spiro atoms.